The Hall–Kier alpha value is -5.20. The Morgan fingerprint density at radius 1 is 0.968 bits per heavy atom. The van der Waals surface area contributed by atoms with Crippen molar-refractivity contribution >= 4 is 41.8 Å². The average molecular weight is 874 g/mol. The molecular weight excluding hydrogens is 819 g/mol. The number of ether oxygens (including phenoxy) is 6. The number of aliphatic hydroxyl groups excluding tert-OH is 1. The van der Waals surface area contributed by atoms with E-state index < -0.39 is 107 Å². The van der Waals surface area contributed by atoms with Crippen molar-refractivity contribution in [1.82, 2.24) is 15.7 Å². The van der Waals surface area contributed by atoms with E-state index in [0.29, 0.717) is 24.0 Å². The summed E-state index contributed by atoms with van der Waals surface area (Å²) >= 11 is 0. The monoisotopic (exact) mass is 873 g/mol. The van der Waals surface area contributed by atoms with E-state index in [1.807, 2.05) is 24.3 Å². The Kier molecular flexibility index (Phi) is 12.0. The van der Waals surface area contributed by atoms with Crippen LogP contribution in [0.5, 0.6) is 0 Å². The fraction of sp³-hybridized carbons (Fsp3) is 0.565. The largest absolute Gasteiger partial charge is 0.462 e. The minimum atomic E-state index is -1.53. The van der Waals surface area contributed by atoms with Crippen molar-refractivity contribution in [2.24, 2.45) is 10.8 Å². The molecule has 0 aromatic heterocycles. The first kappa shape index (κ1) is 44.4. The number of hydrogen-bond donors (Lipinski definition) is 3. The molecule has 5 fully saturated rings. The highest BCUT2D eigenvalue weighted by atomic mass is 16.8. The van der Waals surface area contributed by atoms with Crippen molar-refractivity contribution in [2.45, 2.75) is 134 Å². The normalized spacial score (nSPS) is 29.1. The fourth-order valence-electron chi connectivity index (χ4n) is 9.66. The molecule has 17 heteroatoms. The van der Waals surface area contributed by atoms with Gasteiger partial charge in [-0.1, -0.05) is 62.4 Å². The average Bonchev–Trinajstić information content (AvgIpc) is 3.96. The van der Waals surface area contributed by atoms with Crippen molar-refractivity contribution in [3.63, 3.8) is 0 Å². The molecule has 2 aromatic rings. The molecule has 63 heavy (non-hydrogen) atoms. The van der Waals surface area contributed by atoms with E-state index in [0.717, 1.165) is 11.1 Å². The van der Waals surface area contributed by atoms with Gasteiger partial charge in [-0.15, -0.1) is 0 Å². The van der Waals surface area contributed by atoms with Crippen LogP contribution in [0.4, 0.5) is 0 Å². The van der Waals surface area contributed by atoms with Gasteiger partial charge in [0, 0.05) is 50.1 Å². The number of rotatable bonds is 14. The highest BCUT2D eigenvalue weighted by Crippen LogP contribution is 2.58. The first-order valence-electron chi connectivity index (χ1n) is 21.5. The Bertz CT molecular complexity index is 2160. The van der Waals surface area contributed by atoms with Gasteiger partial charge in [0.05, 0.1) is 19.2 Å². The van der Waals surface area contributed by atoms with Crippen LogP contribution in [0.2, 0.25) is 0 Å². The number of nitrogens with one attached hydrogen (secondary N) is 2. The Morgan fingerprint density at radius 3 is 2.35 bits per heavy atom. The molecule has 8 rings (SSSR count). The lowest BCUT2D eigenvalue weighted by molar-refractivity contribution is -0.217. The Morgan fingerprint density at radius 2 is 1.67 bits per heavy atom. The van der Waals surface area contributed by atoms with Gasteiger partial charge < -0.3 is 44.2 Å². The molecule has 2 aliphatic carbocycles. The van der Waals surface area contributed by atoms with Crippen LogP contribution in [0, 0.1) is 10.8 Å². The molecule has 4 aliphatic heterocycles. The van der Waals surface area contributed by atoms with Crippen molar-refractivity contribution in [3.8, 4) is 0 Å². The summed E-state index contributed by atoms with van der Waals surface area (Å²) in [6, 6.07) is 13.1. The summed E-state index contributed by atoms with van der Waals surface area (Å²) in [5.41, 5.74) is 0.472. The third kappa shape index (κ3) is 8.85. The topological polar surface area (TPSA) is 215 Å². The van der Waals surface area contributed by atoms with Gasteiger partial charge in [0.15, 0.2) is 11.8 Å². The van der Waals surface area contributed by atoms with Crippen molar-refractivity contribution in [2.75, 3.05) is 19.8 Å². The van der Waals surface area contributed by atoms with E-state index >= 15 is 0 Å². The fourth-order valence-corrected chi connectivity index (χ4v) is 9.66. The van der Waals surface area contributed by atoms with Crippen LogP contribution in [0.1, 0.15) is 82.6 Å². The summed E-state index contributed by atoms with van der Waals surface area (Å²) in [4.78, 5) is 86.3. The lowest BCUT2D eigenvalue weighted by Crippen LogP contribution is -2.69. The van der Waals surface area contributed by atoms with Crippen LogP contribution in [0.3, 0.4) is 0 Å². The number of carbonyl (C=O) groups excluding carboxylic acids is 6. The minimum Gasteiger partial charge on any atom is -0.462 e. The molecule has 8 unspecified atom stereocenters. The number of aliphatic hydroxyl groups is 1. The first-order chi connectivity index (χ1) is 29.9. The highest BCUT2D eigenvalue weighted by molar-refractivity contribution is 5.94. The maximum Gasteiger partial charge on any atom is 0.348 e. The smallest absolute Gasteiger partial charge is 0.348 e. The molecular formula is C46H55N3O14. The first-order valence-corrected chi connectivity index (χ1v) is 21.5. The summed E-state index contributed by atoms with van der Waals surface area (Å²) in [5.74, 6) is -4.53. The van der Waals surface area contributed by atoms with Crippen molar-refractivity contribution < 1.29 is 67.1 Å². The second-order valence-corrected chi connectivity index (χ2v) is 18.9. The molecule has 6 aliphatic rings. The predicted octanol–water partition coefficient (Wildman–Crippen LogP) is 2.38. The summed E-state index contributed by atoms with van der Waals surface area (Å²) in [6.45, 7) is 8.40. The molecule has 1 spiro atoms. The van der Waals surface area contributed by atoms with Gasteiger partial charge in [0.1, 0.15) is 42.0 Å². The summed E-state index contributed by atoms with van der Waals surface area (Å²) < 4.78 is 35.6. The van der Waals surface area contributed by atoms with E-state index in [2.05, 4.69) is 10.6 Å². The van der Waals surface area contributed by atoms with Crippen LogP contribution in [0.25, 0.3) is 6.08 Å². The zero-order chi connectivity index (χ0) is 44.9. The van der Waals surface area contributed by atoms with Gasteiger partial charge in [-0.05, 0) is 55.5 Å². The number of esters is 4. The number of fused-ring (bicyclic) bond motifs is 5. The number of benzene rings is 2. The lowest BCUT2D eigenvalue weighted by atomic mass is 9.62. The number of cyclic esters (lactones) is 1. The molecule has 1 saturated carbocycles. The van der Waals surface area contributed by atoms with Crippen LogP contribution < -0.4 is 10.6 Å². The van der Waals surface area contributed by atoms with Gasteiger partial charge in [0.25, 0.3) is 0 Å². The highest BCUT2D eigenvalue weighted by Gasteiger charge is 2.76. The zero-order valence-corrected chi connectivity index (χ0v) is 36.1. The second kappa shape index (κ2) is 17.1. The van der Waals surface area contributed by atoms with Crippen LogP contribution >= 0.6 is 0 Å². The number of amides is 2. The SMILES string of the molecule is CC(C)(C)OC(=O)CCC(CO)NC(=O)CCNC(=O)C12CC3OC(=O)C1N(Cc1ccccc1C=CC(=O)OC1C(=O)OCC1(C)C)OC2C1OC2(Cc4ccccc4C2)OC31. The number of hydroxylamine groups is 2. The van der Waals surface area contributed by atoms with Crippen molar-refractivity contribution in [3.05, 3.63) is 76.9 Å². The van der Waals surface area contributed by atoms with Gasteiger partial charge in [-0.2, -0.15) is 5.06 Å². The molecule has 8 atom stereocenters. The van der Waals surface area contributed by atoms with E-state index in [9.17, 15) is 33.9 Å². The number of carbonyl (C=O) groups is 6. The second-order valence-electron chi connectivity index (χ2n) is 18.9. The molecule has 3 N–H and O–H groups in total. The van der Waals surface area contributed by atoms with Gasteiger partial charge in [-0.3, -0.25) is 24.0 Å². The van der Waals surface area contributed by atoms with Crippen molar-refractivity contribution in [1.29, 1.82) is 0 Å². The molecule has 17 nitrogen and oxygen atoms in total. The Balaban J connectivity index is 1.01. The predicted molar refractivity (Wildman–Crippen MR) is 219 cm³/mol. The van der Waals surface area contributed by atoms with Gasteiger partial charge >= 0.3 is 23.9 Å². The lowest BCUT2D eigenvalue weighted by Gasteiger charge is -2.48. The third-order valence-electron chi connectivity index (χ3n) is 12.6. The maximum absolute atomic E-state index is 14.8. The molecule has 338 valence electrons. The van der Waals surface area contributed by atoms with E-state index in [1.54, 1.807) is 65.0 Å². The summed E-state index contributed by atoms with van der Waals surface area (Å²) in [5, 5.41) is 17.0. The maximum atomic E-state index is 14.8. The quantitative estimate of drug-likeness (QED) is 0.141. The molecule has 2 amide bonds. The minimum absolute atomic E-state index is 0.00982. The van der Waals surface area contributed by atoms with Gasteiger partial charge in [0.2, 0.25) is 17.9 Å². The summed E-state index contributed by atoms with van der Waals surface area (Å²) in [7, 11) is 0. The number of nitrogens with zero attached hydrogens (tertiary/aromatic N) is 1. The van der Waals surface area contributed by atoms with E-state index in [4.69, 9.17) is 33.3 Å². The van der Waals surface area contributed by atoms with Crippen LogP contribution in [-0.2, 0) is 81.4 Å². The zero-order valence-electron chi connectivity index (χ0n) is 36.1. The molecule has 2 bridgehead atoms. The van der Waals surface area contributed by atoms with Crippen LogP contribution in [-0.4, -0.2) is 120 Å². The van der Waals surface area contributed by atoms with E-state index in [-0.39, 0.29) is 45.4 Å². The standard InChI is InChI=1S/C46H55N3O14/c1-43(2,3)60-34(53)17-15-30(24-50)48-32(51)18-19-47-42(56)46-22-31-35-36(62-45(61-35)20-27-11-7-8-12-28(27)21-45)38(46)63-49(37(46)40(54)58-31)23-29-13-9-6-10-26(29)14-16-33(52)59-39-41(55)57-25-44(39,4)5/h6-14,16,30-31,35-39,50H,15,17-25H2,1-5H3,(H,47,56)(H,48,51). The molecule has 4 heterocycles. The number of hydrogen-bond acceptors (Lipinski definition) is 15. The summed E-state index contributed by atoms with van der Waals surface area (Å²) in [6.07, 6.45) is -0.742. The molecule has 0 radical (unpaired) electrons. The van der Waals surface area contributed by atoms with E-state index in [1.165, 1.54) is 11.1 Å². The molecule has 4 saturated heterocycles. The molecule has 2 aromatic carbocycles. The van der Waals surface area contributed by atoms with Gasteiger partial charge in [-0.25, -0.2) is 9.59 Å². The Labute approximate surface area is 365 Å². The van der Waals surface area contributed by atoms with Crippen LogP contribution in [0.15, 0.2) is 54.6 Å². The third-order valence-corrected chi connectivity index (χ3v) is 12.6.